The van der Waals surface area contributed by atoms with Gasteiger partial charge in [-0.2, -0.15) is 4.98 Å². The van der Waals surface area contributed by atoms with E-state index < -0.39 is 0 Å². The van der Waals surface area contributed by atoms with Gasteiger partial charge >= 0.3 is 0 Å². The van der Waals surface area contributed by atoms with Crippen LogP contribution in [0.1, 0.15) is 25.0 Å². The number of aromatic nitrogens is 2. The van der Waals surface area contributed by atoms with Gasteiger partial charge in [0.15, 0.2) is 5.69 Å². The lowest BCUT2D eigenvalue weighted by atomic mass is 10.3. The molecule has 0 bridgehead atoms. The molecule has 0 spiro atoms. The van der Waals surface area contributed by atoms with Gasteiger partial charge < -0.3 is 20.9 Å². The van der Waals surface area contributed by atoms with Gasteiger partial charge in [-0.15, -0.1) is 0 Å². The minimum absolute atomic E-state index is 0.186. The number of aliphatic imine (C=N–C) groups is 1. The van der Waals surface area contributed by atoms with Gasteiger partial charge in [0.1, 0.15) is 17.9 Å². The minimum Gasteiger partial charge on any atom is -0.468 e. The van der Waals surface area contributed by atoms with Gasteiger partial charge in [-0.1, -0.05) is 0 Å². The monoisotopic (exact) mass is 296 g/mol. The van der Waals surface area contributed by atoms with Gasteiger partial charge in [0.25, 0.3) is 6.01 Å². The van der Waals surface area contributed by atoms with Crippen molar-refractivity contribution in [1.82, 2.24) is 14.9 Å². The Labute approximate surface area is 124 Å². The van der Waals surface area contributed by atoms with Crippen molar-refractivity contribution in [1.29, 1.82) is 0 Å². The highest BCUT2D eigenvalue weighted by atomic mass is 16.5. The summed E-state index contributed by atoms with van der Waals surface area (Å²) in [5.74, 6) is 0.786. The molecule has 0 aliphatic carbocycles. The molecule has 5 N–H and O–H groups in total. The molecular formula is C13H24N6O2. The van der Waals surface area contributed by atoms with Crippen molar-refractivity contribution in [3.05, 3.63) is 5.69 Å². The number of nitrogens with one attached hydrogen (secondary N) is 1. The van der Waals surface area contributed by atoms with Crippen molar-refractivity contribution in [2.24, 2.45) is 10.7 Å². The number of rotatable bonds is 7. The first-order valence-electron chi connectivity index (χ1n) is 7.15. The molecule has 2 heterocycles. The first kappa shape index (κ1) is 15.6. The van der Waals surface area contributed by atoms with Crippen molar-refractivity contribution in [3.8, 4) is 6.01 Å². The van der Waals surface area contributed by atoms with E-state index >= 15 is 0 Å². The van der Waals surface area contributed by atoms with Gasteiger partial charge in [-0.05, 0) is 25.8 Å². The molecule has 0 amide bonds. The van der Waals surface area contributed by atoms with Crippen LogP contribution in [-0.2, 0) is 11.3 Å². The molecule has 118 valence electrons. The van der Waals surface area contributed by atoms with E-state index in [-0.39, 0.29) is 6.23 Å². The van der Waals surface area contributed by atoms with Crippen molar-refractivity contribution < 1.29 is 9.47 Å². The Morgan fingerprint density at radius 2 is 2.43 bits per heavy atom. The Bertz CT molecular complexity index is 493. The molecule has 1 aromatic rings. The van der Waals surface area contributed by atoms with Crippen molar-refractivity contribution in [2.75, 3.05) is 33.0 Å². The first-order valence-corrected chi connectivity index (χ1v) is 7.15. The van der Waals surface area contributed by atoms with Gasteiger partial charge in [0, 0.05) is 20.2 Å². The van der Waals surface area contributed by atoms with Crippen molar-refractivity contribution >= 4 is 11.7 Å². The van der Waals surface area contributed by atoms with Gasteiger partial charge in [-0.3, -0.25) is 14.9 Å². The Hall–Kier alpha value is -1.80. The van der Waals surface area contributed by atoms with Gasteiger partial charge in [-0.25, -0.2) is 0 Å². The van der Waals surface area contributed by atoms with Crippen LogP contribution in [0.5, 0.6) is 6.01 Å². The number of amidine groups is 1. The number of hydrogen-bond acceptors (Lipinski definition) is 6. The number of ether oxygens (including phenoxy) is 2. The third-order valence-electron chi connectivity index (χ3n) is 3.50. The molecule has 21 heavy (non-hydrogen) atoms. The van der Waals surface area contributed by atoms with Gasteiger partial charge in [0.2, 0.25) is 0 Å². The highest BCUT2D eigenvalue weighted by molar-refractivity contribution is 5.99. The summed E-state index contributed by atoms with van der Waals surface area (Å²) in [5.41, 5.74) is 12.3. The largest absolute Gasteiger partial charge is 0.468 e. The van der Waals surface area contributed by atoms with Crippen LogP contribution < -0.4 is 21.5 Å². The molecule has 0 saturated carbocycles. The maximum atomic E-state index is 6.08. The molecule has 1 aromatic heterocycles. The number of hydrogen-bond donors (Lipinski definition) is 3. The van der Waals surface area contributed by atoms with E-state index in [1.54, 1.807) is 14.2 Å². The number of nitrogens with two attached hydrogens (primary N) is 2. The van der Waals surface area contributed by atoms with Crippen LogP contribution in [0.15, 0.2) is 4.99 Å². The van der Waals surface area contributed by atoms with E-state index in [2.05, 4.69) is 15.3 Å². The van der Waals surface area contributed by atoms with E-state index in [9.17, 15) is 0 Å². The Balaban J connectivity index is 1.93. The predicted molar refractivity (Wildman–Crippen MR) is 81.4 cm³/mol. The lowest BCUT2D eigenvalue weighted by molar-refractivity contribution is 0.0839. The number of nitrogen functional groups attached to an aromatic ring is 1. The zero-order chi connectivity index (χ0) is 15.2. The molecule has 0 aromatic carbocycles. The fraction of sp³-hybridized carbons (Fsp3) is 0.692. The Morgan fingerprint density at radius 1 is 1.62 bits per heavy atom. The molecule has 1 aliphatic rings. The van der Waals surface area contributed by atoms with E-state index in [0.29, 0.717) is 29.9 Å². The maximum Gasteiger partial charge on any atom is 0.298 e. The summed E-state index contributed by atoms with van der Waals surface area (Å²) in [6.45, 7) is 2.38. The van der Waals surface area contributed by atoms with E-state index in [1.165, 1.54) is 0 Å². The smallest absolute Gasteiger partial charge is 0.298 e. The predicted octanol–water partition coefficient (Wildman–Crippen LogP) is -0.0748. The van der Waals surface area contributed by atoms with Crippen molar-refractivity contribution in [2.45, 2.75) is 32.0 Å². The second kappa shape index (κ2) is 7.28. The fourth-order valence-electron chi connectivity index (χ4n) is 2.35. The lowest BCUT2D eigenvalue weighted by Gasteiger charge is -2.12. The third kappa shape index (κ3) is 3.64. The standard InChI is InChI=1S/C13H24N6O2/c1-16-11(14)10-12(15)19(13(18-10)20-2)7-4-6-17-9-5-3-8-21-9/h9,17H,3-8,15H2,1-2H3,(H2,14,16). The molecule has 0 radical (unpaired) electrons. The van der Waals surface area contributed by atoms with Crippen LogP contribution in [0.3, 0.4) is 0 Å². The normalized spacial score (nSPS) is 19.1. The summed E-state index contributed by atoms with van der Waals surface area (Å²) in [6.07, 6.45) is 3.27. The lowest BCUT2D eigenvalue weighted by Crippen LogP contribution is -2.29. The third-order valence-corrected chi connectivity index (χ3v) is 3.50. The Morgan fingerprint density at radius 3 is 3.05 bits per heavy atom. The summed E-state index contributed by atoms with van der Waals surface area (Å²) in [5, 5.41) is 3.36. The number of imidazole rings is 1. The molecule has 2 rings (SSSR count). The maximum absolute atomic E-state index is 6.08. The first-order chi connectivity index (χ1) is 10.2. The number of nitrogens with zero attached hydrogens (tertiary/aromatic N) is 3. The second-order valence-corrected chi connectivity index (χ2v) is 4.90. The zero-order valence-corrected chi connectivity index (χ0v) is 12.6. The quantitative estimate of drug-likeness (QED) is 0.369. The summed E-state index contributed by atoms with van der Waals surface area (Å²) < 4.78 is 12.6. The topological polar surface area (TPSA) is 113 Å². The molecule has 8 nitrogen and oxygen atoms in total. The zero-order valence-electron chi connectivity index (χ0n) is 12.6. The minimum atomic E-state index is 0.186. The van der Waals surface area contributed by atoms with E-state index in [4.69, 9.17) is 20.9 Å². The highest BCUT2D eigenvalue weighted by Crippen LogP contribution is 2.20. The summed E-state index contributed by atoms with van der Waals surface area (Å²) >= 11 is 0. The molecule has 1 unspecified atom stereocenters. The highest BCUT2D eigenvalue weighted by Gasteiger charge is 2.18. The van der Waals surface area contributed by atoms with Crippen LogP contribution in [0.2, 0.25) is 0 Å². The molecule has 1 fully saturated rings. The number of anilines is 1. The van der Waals surface area contributed by atoms with Crippen LogP contribution in [-0.4, -0.2) is 48.9 Å². The molecular weight excluding hydrogens is 272 g/mol. The van der Waals surface area contributed by atoms with Crippen LogP contribution in [0.25, 0.3) is 0 Å². The van der Waals surface area contributed by atoms with Crippen LogP contribution in [0, 0.1) is 0 Å². The average molecular weight is 296 g/mol. The van der Waals surface area contributed by atoms with Crippen LogP contribution in [0.4, 0.5) is 5.82 Å². The van der Waals surface area contributed by atoms with E-state index in [1.807, 2.05) is 4.57 Å². The molecule has 1 aliphatic heterocycles. The summed E-state index contributed by atoms with van der Waals surface area (Å²) in [6, 6.07) is 0.450. The average Bonchev–Trinajstić information content (AvgIpc) is 3.11. The summed E-state index contributed by atoms with van der Waals surface area (Å²) in [4.78, 5) is 8.18. The second-order valence-electron chi connectivity index (χ2n) is 4.90. The summed E-state index contributed by atoms with van der Waals surface area (Å²) in [7, 11) is 3.16. The van der Waals surface area contributed by atoms with Crippen LogP contribution >= 0.6 is 0 Å². The SMILES string of the molecule is CN=C(N)c1nc(OC)n(CCCNC2CCCO2)c1N. The number of methoxy groups -OCH3 is 1. The Kier molecular flexibility index (Phi) is 5.40. The van der Waals surface area contributed by atoms with Crippen molar-refractivity contribution in [3.63, 3.8) is 0 Å². The fourth-order valence-corrected chi connectivity index (χ4v) is 2.35. The van der Waals surface area contributed by atoms with Gasteiger partial charge in [0.05, 0.1) is 7.11 Å². The molecule has 8 heteroatoms. The molecule has 1 atom stereocenters. The molecule has 1 saturated heterocycles. The van der Waals surface area contributed by atoms with E-state index in [0.717, 1.165) is 32.4 Å².